The molecule has 2 heterocycles. The summed E-state index contributed by atoms with van der Waals surface area (Å²) in [5.41, 5.74) is 1.85. The van der Waals surface area contributed by atoms with E-state index >= 15 is 0 Å². The molecule has 5 nitrogen and oxygen atoms in total. The van der Waals surface area contributed by atoms with Crippen molar-refractivity contribution in [2.75, 3.05) is 6.61 Å². The van der Waals surface area contributed by atoms with Gasteiger partial charge in [0.05, 0.1) is 12.2 Å². The number of nitrogens with zero attached hydrogens (tertiary/aromatic N) is 2. The lowest BCUT2D eigenvalue weighted by Gasteiger charge is -2.08. The van der Waals surface area contributed by atoms with Gasteiger partial charge in [-0.25, -0.2) is 4.98 Å². The molecule has 2 aromatic heterocycles. The summed E-state index contributed by atoms with van der Waals surface area (Å²) in [6.07, 6.45) is 3.86. The topological polar surface area (TPSA) is 55.6 Å². The second-order valence-electron chi connectivity index (χ2n) is 4.66. The maximum absolute atomic E-state index is 11.8. The molecule has 0 aliphatic heterocycles. The average Bonchev–Trinajstić information content (AvgIpc) is 3.05. The van der Waals surface area contributed by atoms with E-state index in [1.165, 1.54) is 0 Å². The predicted molar refractivity (Wildman–Crippen MR) is 81.6 cm³/mol. The molecule has 0 unspecified atom stereocenters. The molecule has 0 saturated carbocycles. The lowest BCUT2D eigenvalue weighted by atomic mass is 10.2. The lowest BCUT2D eigenvalue weighted by molar-refractivity contribution is -0.123. The van der Waals surface area contributed by atoms with Crippen LogP contribution in [0.5, 0.6) is 5.75 Å². The summed E-state index contributed by atoms with van der Waals surface area (Å²) in [5.74, 6) is 0.574. The van der Waals surface area contributed by atoms with Crippen LogP contribution < -0.4 is 10.1 Å². The maximum Gasteiger partial charge on any atom is 0.258 e. The number of rotatable bonds is 5. The number of carbonyl (C=O) groups is 1. The molecule has 21 heavy (non-hydrogen) atoms. The molecule has 1 amide bonds. The zero-order valence-electron chi connectivity index (χ0n) is 11.6. The molecule has 1 aromatic carbocycles. The van der Waals surface area contributed by atoms with Crippen LogP contribution in [0.2, 0.25) is 0 Å². The second kappa shape index (κ2) is 5.97. The number of nitrogens with one attached hydrogen (secondary N) is 1. The van der Waals surface area contributed by atoms with Crippen LogP contribution >= 0.6 is 11.3 Å². The molecule has 0 saturated heterocycles. The van der Waals surface area contributed by atoms with Crippen molar-refractivity contribution in [3.63, 3.8) is 0 Å². The number of imidazole rings is 1. The summed E-state index contributed by atoms with van der Waals surface area (Å²) in [4.78, 5) is 17.1. The number of fused-ring (bicyclic) bond motifs is 1. The molecule has 0 spiro atoms. The fraction of sp³-hybridized carbons (Fsp3) is 0.200. The van der Waals surface area contributed by atoms with Crippen LogP contribution in [0.15, 0.2) is 42.0 Å². The van der Waals surface area contributed by atoms with Crippen LogP contribution in [-0.4, -0.2) is 21.9 Å². The number of aryl methyl sites for hydroxylation is 1. The smallest absolute Gasteiger partial charge is 0.258 e. The summed E-state index contributed by atoms with van der Waals surface area (Å²) >= 11 is 1.57. The van der Waals surface area contributed by atoms with E-state index in [1.807, 2.05) is 53.4 Å². The standard InChI is InChI=1S/C15H15N3O2S/c1-11-4-2-3-5-13(11)20-10-14(19)16-8-12-9-18-6-7-21-15(18)17-12/h2-7,9H,8,10H2,1H3,(H,16,19). The Balaban J connectivity index is 1.50. The first-order valence-corrected chi connectivity index (χ1v) is 7.46. The first kappa shape index (κ1) is 13.6. The normalized spacial score (nSPS) is 10.7. The van der Waals surface area contributed by atoms with Gasteiger partial charge in [-0.05, 0) is 18.6 Å². The van der Waals surface area contributed by atoms with Crippen LogP contribution in [0.25, 0.3) is 4.96 Å². The zero-order chi connectivity index (χ0) is 14.7. The van der Waals surface area contributed by atoms with Gasteiger partial charge in [0, 0.05) is 17.8 Å². The van der Waals surface area contributed by atoms with Gasteiger partial charge in [0.2, 0.25) is 0 Å². The highest BCUT2D eigenvalue weighted by atomic mass is 32.1. The zero-order valence-corrected chi connectivity index (χ0v) is 12.4. The minimum atomic E-state index is -0.158. The molecule has 0 bridgehead atoms. The Hall–Kier alpha value is -2.34. The van der Waals surface area contributed by atoms with Crippen molar-refractivity contribution in [2.45, 2.75) is 13.5 Å². The number of amides is 1. The third-order valence-corrected chi connectivity index (χ3v) is 3.83. The van der Waals surface area contributed by atoms with Gasteiger partial charge < -0.3 is 10.1 Å². The lowest BCUT2D eigenvalue weighted by Crippen LogP contribution is -2.28. The summed E-state index contributed by atoms with van der Waals surface area (Å²) in [5, 5.41) is 4.78. The van der Waals surface area contributed by atoms with Crippen LogP contribution in [0.1, 0.15) is 11.3 Å². The van der Waals surface area contributed by atoms with Crippen molar-refractivity contribution < 1.29 is 9.53 Å². The molecule has 3 rings (SSSR count). The van der Waals surface area contributed by atoms with E-state index in [0.29, 0.717) is 6.54 Å². The van der Waals surface area contributed by atoms with Gasteiger partial charge in [-0.1, -0.05) is 18.2 Å². The van der Waals surface area contributed by atoms with Gasteiger partial charge in [-0.2, -0.15) is 0 Å². The largest absolute Gasteiger partial charge is 0.484 e. The second-order valence-corrected chi connectivity index (χ2v) is 5.53. The molecule has 6 heteroatoms. The Morgan fingerprint density at radius 3 is 3.10 bits per heavy atom. The van der Waals surface area contributed by atoms with Gasteiger partial charge in [0.15, 0.2) is 11.6 Å². The molecule has 0 fully saturated rings. The third kappa shape index (κ3) is 3.22. The Kier molecular flexibility index (Phi) is 3.87. The summed E-state index contributed by atoms with van der Waals surface area (Å²) in [7, 11) is 0. The number of ether oxygens (including phenoxy) is 1. The van der Waals surface area contributed by atoms with E-state index in [2.05, 4.69) is 10.3 Å². The Morgan fingerprint density at radius 1 is 1.43 bits per heavy atom. The summed E-state index contributed by atoms with van der Waals surface area (Å²) < 4.78 is 7.44. The van der Waals surface area contributed by atoms with Crippen molar-refractivity contribution in [1.82, 2.24) is 14.7 Å². The number of hydrogen-bond acceptors (Lipinski definition) is 4. The third-order valence-electron chi connectivity index (χ3n) is 3.06. The quantitative estimate of drug-likeness (QED) is 0.787. The number of aromatic nitrogens is 2. The Bertz CT molecular complexity index is 734. The molecule has 3 aromatic rings. The van der Waals surface area contributed by atoms with Gasteiger partial charge in [0.1, 0.15) is 5.75 Å². The van der Waals surface area contributed by atoms with Crippen molar-refractivity contribution in [2.24, 2.45) is 0 Å². The fourth-order valence-corrected chi connectivity index (χ4v) is 2.68. The Morgan fingerprint density at radius 2 is 2.29 bits per heavy atom. The number of para-hydroxylation sites is 1. The van der Waals surface area contributed by atoms with E-state index < -0.39 is 0 Å². The molecule has 108 valence electrons. The van der Waals surface area contributed by atoms with Gasteiger partial charge in [-0.15, -0.1) is 11.3 Å². The van der Waals surface area contributed by atoms with E-state index in [-0.39, 0.29) is 12.5 Å². The minimum absolute atomic E-state index is 0.00702. The maximum atomic E-state index is 11.8. The number of benzene rings is 1. The Labute approximate surface area is 126 Å². The van der Waals surface area contributed by atoms with E-state index in [0.717, 1.165) is 22.0 Å². The number of carbonyl (C=O) groups excluding carboxylic acids is 1. The summed E-state index contributed by atoms with van der Waals surface area (Å²) in [6.45, 7) is 2.36. The molecular formula is C15H15N3O2S. The summed E-state index contributed by atoms with van der Waals surface area (Å²) in [6, 6.07) is 7.63. The van der Waals surface area contributed by atoms with Gasteiger partial charge in [-0.3, -0.25) is 9.20 Å². The first-order chi connectivity index (χ1) is 10.2. The van der Waals surface area contributed by atoms with Crippen LogP contribution in [0.3, 0.4) is 0 Å². The molecule has 0 radical (unpaired) electrons. The van der Waals surface area contributed by atoms with Crippen LogP contribution in [-0.2, 0) is 11.3 Å². The van der Waals surface area contributed by atoms with Crippen molar-refractivity contribution in [3.05, 3.63) is 53.3 Å². The van der Waals surface area contributed by atoms with E-state index in [9.17, 15) is 4.79 Å². The molecule has 1 N–H and O–H groups in total. The number of hydrogen-bond donors (Lipinski definition) is 1. The van der Waals surface area contributed by atoms with E-state index in [4.69, 9.17) is 4.74 Å². The molecular weight excluding hydrogens is 286 g/mol. The van der Waals surface area contributed by atoms with Crippen LogP contribution in [0.4, 0.5) is 0 Å². The predicted octanol–water partition coefficient (Wildman–Crippen LogP) is 2.40. The van der Waals surface area contributed by atoms with Crippen molar-refractivity contribution >= 4 is 22.2 Å². The van der Waals surface area contributed by atoms with Crippen molar-refractivity contribution in [3.8, 4) is 5.75 Å². The van der Waals surface area contributed by atoms with Gasteiger partial charge >= 0.3 is 0 Å². The highest BCUT2D eigenvalue weighted by molar-refractivity contribution is 7.15. The fourth-order valence-electron chi connectivity index (χ4n) is 1.96. The highest BCUT2D eigenvalue weighted by Crippen LogP contribution is 2.15. The minimum Gasteiger partial charge on any atom is -0.484 e. The molecule has 0 aliphatic carbocycles. The van der Waals surface area contributed by atoms with Crippen molar-refractivity contribution in [1.29, 1.82) is 0 Å². The number of thiazole rings is 1. The molecule has 0 aliphatic rings. The highest BCUT2D eigenvalue weighted by Gasteiger charge is 2.07. The SMILES string of the molecule is Cc1ccccc1OCC(=O)NCc1cn2ccsc2n1. The monoisotopic (exact) mass is 301 g/mol. The van der Waals surface area contributed by atoms with E-state index in [1.54, 1.807) is 11.3 Å². The van der Waals surface area contributed by atoms with Crippen LogP contribution in [0, 0.1) is 6.92 Å². The average molecular weight is 301 g/mol. The first-order valence-electron chi connectivity index (χ1n) is 6.58. The van der Waals surface area contributed by atoms with Gasteiger partial charge in [0.25, 0.3) is 5.91 Å². The molecule has 0 atom stereocenters.